The van der Waals surface area contributed by atoms with Crippen LogP contribution in [0.1, 0.15) is 54.8 Å². The molecule has 1 fully saturated rings. The van der Waals surface area contributed by atoms with Crippen molar-refractivity contribution in [1.29, 1.82) is 0 Å². The van der Waals surface area contributed by atoms with Gasteiger partial charge in [-0.25, -0.2) is 19.2 Å². The lowest BCUT2D eigenvalue weighted by Gasteiger charge is -2.42. The molecule has 0 aliphatic carbocycles. The van der Waals surface area contributed by atoms with Gasteiger partial charge in [0.2, 0.25) is 5.91 Å². The number of esters is 4. The normalized spacial score (nSPS) is 18.2. The van der Waals surface area contributed by atoms with Gasteiger partial charge in [0.15, 0.2) is 12.2 Å². The summed E-state index contributed by atoms with van der Waals surface area (Å²) < 4.78 is 29.6. The molecule has 4 aromatic carbocycles. The number of amides is 1. The lowest BCUT2D eigenvalue weighted by Crippen LogP contribution is -2.63. The van der Waals surface area contributed by atoms with Gasteiger partial charge in [-0.3, -0.25) is 4.79 Å². The number of hydrogen-bond donors (Lipinski definition) is 1. The zero-order chi connectivity index (χ0) is 34.6. The third kappa shape index (κ3) is 9.39. The van der Waals surface area contributed by atoms with Crippen molar-refractivity contribution in [3.63, 3.8) is 0 Å². The molecule has 5 rings (SSSR count). The maximum Gasteiger partial charge on any atom is 0.338 e. The number of ether oxygens (including phenoxy) is 5. The summed E-state index contributed by atoms with van der Waals surface area (Å²) in [5, 5.41) is 2.78. The van der Waals surface area contributed by atoms with E-state index in [1.165, 1.54) is 31.2 Å². The lowest BCUT2D eigenvalue weighted by atomic mass is 9.92. The topological polar surface area (TPSA) is 144 Å². The van der Waals surface area contributed by atoms with Crippen molar-refractivity contribution in [2.75, 3.05) is 13.2 Å². The van der Waals surface area contributed by atoms with Crippen LogP contribution < -0.4 is 5.32 Å². The minimum atomic E-state index is -1.47. The van der Waals surface area contributed by atoms with Crippen molar-refractivity contribution in [3.8, 4) is 0 Å². The second-order valence-corrected chi connectivity index (χ2v) is 11.2. The highest BCUT2D eigenvalue weighted by atomic mass is 16.6. The van der Waals surface area contributed by atoms with Gasteiger partial charge in [0.1, 0.15) is 18.8 Å². The predicted molar refractivity (Wildman–Crippen MR) is 176 cm³/mol. The molecule has 1 amide bonds. The van der Waals surface area contributed by atoms with Crippen molar-refractivity contribution in [3.05, 3.63) is 144 Å². The van der Waals surface area contributed by atoms with Crippen LogP contribution in [0, 0.1) is 0 Å². The number of rotatable bonds is 12. The lowest BCUT2D eigenvalue weighted by molar-refractivity contribution is -0.160. The highest BCUT2D eigenvalue weighted by Gasteiger charge is 2.48. The van der Waals surface area contributed by atoms with Gasteiger partial charge in [-0.2, -0.15) is 0 Å². The quantitative estimate of drug-likeness (QED) is 0.165. The Balaban J connectivity index is 1.52. The van der Waals surface area contributed by atoms with Crippen LogP contribution in [-0.4, -0.2) is 73.5 Å². The maximum absolute atomic E-state index is 13.6. The molecular formula is C38H35NO10. The summed E-state index contributed by atoms with van der Waals surface area (Å²) in [6.07, 6.45) is -4.90. The molecule has 1 N–H and O–H groups in total. The van der Waals surface area contributed by atoms with Gasteiger partial charge in [-0.1, -0.05) is 72.8 Å². The maximum atomic E-state index is 13.6. The van der Waals surface area contributed by atoms with E-state index in [1.807, 2.05) is 0 Å². The van der Waals surface area contributed by atoms with E-state index in [1.54, 1.807) is 97.1 Å². The van der Waals surface area contributed by atoms with Crippen molar-refractivity contribution in [1.82, 2.24) is 5.32 Å². The summed E-state index contributed by atoms with van der Waals surface area (Å²) in [6, 6.07) is 31.6. The molecule has 0 saturated carbocycles. The van der Waals surface area contributed by atoms with Crippen LogP contribution >= 0.6 is 0 Å². The van der Waals surface area contributed by atoms with Gasteiger partial charge in [-0.15, -0.1) is 0 Å². The van der Waals surface area contributed by atoms with Crippen LogP contribution in [-0.2, 0) is 28.5 Å². The molecule has 1 saturated heterocycles. The molecule has 2 unspecified atom stereocenters. The van der Waals surface area contributed by atoms with Crippen LogP contribution in [0.4, 0.5) is 0 Å². The highest BCUT2D eigenvalue weighted by Crippen LogP contribution is 2.28. The summed E-state index contributed by atoms with van der Waals surface area (Å²) >= 11 is 0. The Morgan fingerprint density at radius 3 is 1.59 bits per heavy atom. The third-order valence-corrected chi connectivity index (χ3v) is 7.70. The van der Waals surface area contributed by atoms with E-state index in [0.717, 1.165) is 0 Å². The Hall–Kier alpha value is -5.81. The first-order valence-corrected chi connectivity index (χ1v) is 15.7. The first-order chi connectivity index (χ1) is 23.8. The van der Waals surface area contributed by atoms with Crippen LogP contribution in [0.2, 0.25) is 0 Å². The molecule has 5 atom stereocenters. The van der Waals surface area contributed by atoms with E-state index in [-0.39, 0.29) is 29.7 Å². The minimum Gasteiger partial charge on any atom is -0.458 e. The molecule has 0 aromatic heterocycles. The van der Waals surface area contributed by atoms with Crippen molar-refractivity contribution < 1.29 is 47.7 Å². The molecule has 0 radical (unpaired) electrons. The Morgan fingerprint density at radius 1 is 0.653 bits per heavy atom. The summed E-state index contributed by atoms with van der Waals surface area (Å²) in [5.74, 6) is -3.42. The predicted octanol–water partition coefficient (Wildman–Crippen LogP) is 4.81. The number of carbonyl (C=O) groups is 5. The van der Waals surface area contributed by atoms with E-state index < -0.39 is 66.8 Å². The number of carbonyl (C=O) groups excluding carboxylic acids is 5. The van der Waals surface area contributed by atoms with E-state index in [4.69, 9.17) is 23.7 Å². The Bertz CT molecular complexity index is 1720. The van der Waals surface area contributed by atoms with E-state index >= 15 is 0 Å². The molecule has 1 aliphatic rings. The molecule has 4 aromatic rings. The fraction of sp³-hybridized carbons (Fsp3) is 0.237. The van der Waals surface area contributed by atoms with Gasteiger partial charge in [-0.05, 0) is 48.5 Å². The molecular weight excluding hydrogens is 630 g/mol. The number of nitrogens with one attached hydrogen (secondary N) is 1. The zero-order valence-corrected chi connectivity index (χ0v) is 26.6. The molecule has 1 aliphatic heterocycles. The highest BCUT2D eigenvalue weighted by molar-refractivity contribution is 5.91. The van der Waals surface area contributed by atoms with Crippen LogP contribution in [0.5, 0.6) is 0 Å². The number of benzene rings is 4. The van der Waals surface area contributed by atoms with Crippen LogP contribution in [0.25, 0.3) is 0 Å². The third-order valence-electron chi connectivity index (χ3n) is 7.70. The standard InChI is InChI=1S/C38H35NO10/c1-25(40)39-32-30(47-36(42)27-16-8-3-9-17-27)22-23-45-34(32)33(49-38(44)29-20-12-5-13-21-29)31(48-37(43)28-18-10-4-11-19-28)24-46-35(41)26-14-6-2-7-15-26/h2-21,30-34H,22-24H2,1H3,(H,39,40)/t30-,31-,32?,33-,34?/m1/s1. The molecule has 11 nitrogen and oxygen atoms in total. The van der Waals surface area contributed by atoms with E-state index in [0.29, 0.717) is 5.56 Å². The zero-order valence-electron chi connectivity index (χ0n) is 26.6. The minimum absolute atomic E-state index is 0.0238. The molecule has 1 heterocycles. The van der Waals surface area contributed by atoms with Crippen LogP contribution in [0.15, 0.2) is 121 Å². The van der Waals surface area contributed by atoms with E-state index in [9.17, 15) is 24.0 Å². The summed E-state index contributed by atoms with van der Waals surface area (Å²) in [5.41, 5.74) is 0.904. The first kappa shape index (κ1) is 34.5. The SMILES string of the molecule is CC(=O)NC1C([C@H](OC(=O)c2ccccc2)[C@@H](COC(=O)c2ccccc2)OC(=O)c2ccccc2)OCC[C@H]1OC(=O)c1ccccc1. The second kappa shape index (κ2) is 16.8. The van der Waals surface area contributed by atoms with Gasteiger partial charge in [0.25, 0.3) is 0 Å². The fourth-order valence-electron chi connectivity index (χ4n) is 5.35. The monoisotopic (exact) mass is 665 g/mol. The molecule has 11 heteroatoms. The van der Waals surface area contributed by atoms with Gasteiger partial charge >= 0.3 is 23.9 Å². The fourth-order valence-corrected chi connectivity index (χ4v) is 5.35. The van der Waals surface area contributed by atoms with Crippen molar-refractivity contribution >= 4 is 29.8 Å². The van der Waals surface area contributed by atoms with Crippen molar-refractivity contribution in [2.24, 2.45) is 0 Å². The molecule has 252 valence electrons. The largest absolute Gasteiger partial charge is 0.458 e. The molecule has 0 bridgehead atoms. The van der Waals surface area contributed by atoms with Crippen LogP contribution in [0.3, 0.4) is 0 Å². The first-order valence-electron chi connectivity index (χ1n) is 15.7. The molecule has 49 heavy (non-hydrogen) atoms. The van der Waals surface area contributed by atoms with E-state index in [2.05, 4.69) is 5.32 Å². The smallest absolute Gasteiger partial charge is 0.338 e. The second-order valence-electron chi connectivity index (χ2n) is 11.2. The summed E-state index contributed by atoms with van der Waals surface area (Å²) in [7, 11) is 0. The average molecular weight is 666 g/mol. The van der Waals surface area contributed by atoms with Gasteiger partial charge in [0.05, 0.1) is 34.9 Å². The summed E-state index contributed by atoms with van der Waals surface area (Å²) in [6.45, 7) is 0.747. The van der Waals surface area contributed by atoms with Crippen molar-refractivity contribution in [2.45, 2.75) is 43.8 Å². The summed E-state index contributed by atoms with van der Waals surface area (Å²) in [4.78, 5) is 65.8. The number of hydrogen-bond acceptors (Lipinski definition) is 10. The Labute approximate surface area is 283 Å². The Kier molecular flexibility index (Phi) is 11.9. The average Bonchev–Trinajstić information content (AvgIpc) is 3.14. The Morgan fingerprint density at radius 2 is 1.10 bits per heavy atom. The molecule has 0 spiro atoms. The van der Waals surface area contributed by atoms with Gasteiger partial charge < -0.3 is 29.0 Å². The van der Waals surface area contributed by atoms with Gasteiger partial charge in [0, 0.05) is 13.3 Å².